The van der Waals surface area contributed by atoms with Gasteiger partial charge in [-0.05, 0) is 30.3 Å². The zero-order valence-electron chi connectivity index (χ0n) is 18.2. The number of nitrogens with one attached hydrogen (secondary N) is 1. The Kier molecular flexibility index (Phi) is 6.38. The van der Waals surface area contributed by atoms with E-state index in [-0.39, 0.29) is 0 Å². The van der Waals surface area contributed by atoms with Crippen molar-refractivity contribution in [2.24, 2.45) is 0 Å². The van der Waals surface area contributed by atoms with Crippen molar-refractivity contribution in [3.05, 3.63) is 71.4 Å². The summed E-state index contributed by atoms with van der Waals surface area (Å²) < 4.78 is 22.0. The van der Waals surface area contributed by atoms with Gasteiger partial charge in [-0.15, -0.1) is 0 Å². The summed E-state index contributed by atoms with van der Waals surface area (Å²) in [7, 11) is 4.69. The third-order valence-corrected chi connectivity index (χ3v) is 5.30. The molecule has 0 fully saturated rings. The number of rotatable bonds is 7. The van der Waals surface area contributed by atoms with Crippen LogP contribution in [0.2, 0.25) is 5.02 Å². The Morgan fingerprint density at radius 2 is 1.58 bits per heavy atom. The molecule has 0 saturated heterocycles. The number of fused-ring (bicyclic) bond motifs is 1. The number of hydrogen-bond donors (Lipinski definition) is 1. The molecular weight excluding hydrogens is 442 g/mol. The molecule has 1 aromatic heterocycles. The third kappa shape index (κ3) is 4.43. The van der Waals surface area contributed by atoms with Crippen molar-refractivity contribution in [3.8, 4) is 34.8 Å². The Hall–Kier alpha value is -4.15. The molecule has 0 unspecified atom stereocenters. The maximum absolute atomic E-state index is 9.66. The molecule has 0 amide bonds. The first kappa shape index (κ1) is 22.1. The molecule has 166 valence electrons. The SMILES string of the molecule is COc1cc2ncc(C#N)c(Nc3ccc(Oc4ccccc4OC)cc3Cl)c2cc1OC. The van der Waals surface area contributed by atoms with Crippen LogP contribution in [-0.2, 0) is 0 Å². The minimum Gasteiger partial charge on any atom is -0.493 e. The van der Waals surface area contributed by atoms with E-state index in [2.05, 4.69) is 16.4 Å². The molecule has 4 aromatic rings. The van der Waals surface area contributed by atoms with E-state index in [1.54, 1.807) is 51.7 Å². The van der Waals surface area contributed by atoms with Crippen LogP contribution in [-0.4, -0.2) is 26.3 Å². The van der Waals surface area contributed by atoms with Crippen LogP contribution in [0.1, 0.15) is 5.56 Å². The van der Waals surface area contributed by atoms with Crippen LogP contribution < -0.4 is 24.3 Å². The quantitative estimate of drug-likeness (QED) is 0.344. The fraction of sp³-hybridized carbons (Fsp3) is 0.120. The van der Waals surface area contributed by atoms with Crippen molar-refractivity contribution in [2.75, 3.05) is 26.6 Å². The highest BCUT2D eigenvalue weighted by atomic mass is 35.5. The highest BCUT2D eigenvalue weighted by Gasteiger charge is 2.15. The molecule has 0 aliphatic rings. The Balaban J connectivity index is 1.71. The van der Waals surface area contributed by atoms with E-state index in [1.807, 2.05) is 24.3 Å². The lowest BCUT2D eigenvalue weighted by molar-refractivity contribution is 0.356. The van der Waals surface area contributed by atoms with Gasteiger partial charge >= 0.3 is 0 Å². The lowest BCUT2D eigenvalue weighted by atomic mass is 10.1. The zero-order valence-corrected chi connectivity index (χ0v) is 18.9. The van der Waals surface area contributed by atoms with Gasteiger partial charge in [0.1, 0.15) is 11.8 Å². The number of nitriles is 1. The van der Waals surface area contributed by atoms with Crippen LogP contribution >= 0.6 is 11.6 Å². The van der Waals surface area contributed by atoms with Gasteiger partial charge in [0.2, 0.25) is 0 Å². The first-order valence-corrected chi connectivity index (χ1v) is 10.3. The van der Waals surface area contributed by atoms with E-state index >= 15 is 0 Å². The molecule has 1 N–H and O–H groups in total. The smallest absolute Gasteiger partial charge is 0.169 e. The van der Waals surface area contributed by atoms with Crippen LogP contribution in [0.4, 0.5) is 11.4 Å². The number of anilines is 2. The van der Waals surface area contributed by atoms with Crippen molar-refractivity contribution >= 4 is 33.9 Å². The van der Waals surface area contributed by atoms with E-state index in [0.717, 1.165) is 0 Å². The Bertz CT molecular complexity index is 1370. The average molecular weight is 462 g/mol. The Morgan fingerprint density at radius 1 is 0.879 bits per heavy atom. The second-order valence-corrected chi connectivity index (χ2v) is 7.31. The van der Waals surface area contributed by atoms with Crippen LogP contribution in [0.15, 0.2) is 60.8 Å². The molecular formula is C25H20ClN3O4. The molecule has 3 aromatic carbocycles. The summed E-state index contributed by atoms with van der Waals surface area (Å²) in [6, 6.07) is 18.3. The largest absolute Gasteiger partial charge is 0.493 e. The molecule has 0 spiro atoms. The number of halogens is 1. The van der Waals surface area contributed by atoms with Crippen molar-refractivity contribution in [2.45, 2.75) is 0 Å². The minimum absolute atomic E-state index is 0.361. The van der Waals surface area contributed by atoms with Gasteiger partial charge in [-0.1, -0.05) is 23.7 Å². The van der Waals surface area contributed by atoms with E-state index in [9.17, 15) is 5.26 Å². The number of ether oxygens (including phenoxy) is 4. The van der Waals surface area contributed by atoms with Crippen LogP contribution in [0.5, 0.6) is 28.7 Å². The molecule has 0 aliphatic carbocycles. The molecule has 0 bridgehead atoms. The van der Waals surface area contributed by atoms with Gasteiger partial charge < -0.3 is 24.3 Å². The molecule has 0 saturated carbocycles. The van der Waals surface area contributed by atoms with E-state index in [4.69, 9.17) is 30.5 Å². The van der Waals surface area contributed by atoms with Crippen molar-refractivity contribution in [1.82, 2.24) is 4.98 Å². The molecule has 0 atom stereocenters. The molecule has 1 heterocycles. The highest BCUT2D eigenvalue weighted by Crippen LogP contribution is 2.39. The molecule has 7 nitrogen and oxygen atoms in total. The van der Waals surface area contributed by atoms with Crippen molar-refractivity contribution in [3.63, 3.8) is 0 Å². The normalized spacial score (nSPS) is 10.4. The number of hydrogen-bond acceptors (Lipinski definition) is 7. The predicted octanol–water partition coefficient (Wildman–Crippen LogP) is 6.32. The standard InChI is InChI=1S/C25H20ClN3O4/c1-30-21-6-4-5-7-22(21)33-16-8-9-19(18(26)10-16)29-25-15(13-27)14-28-20-12-24(32-3)23(31-2)11-17(20)25/h4-12,14H,1-3H3,(H,28,29). The molecule has 4 rings (SSSR count). The maximum atomic E-state index is 9.66. The number of para-hydroxylation sites is 2. The van der Waals surface area contributed by atoms with Gasteiger partial charge in [-0.3, -0.25) is 4.98 Å². The minimum atomic E-state index is 0.361. The van der Waals surface area contributed by atoms with Crippen LogP contribution in [0, 0.1) is 11.3 Å². The lowest BCUT2D eigenvalue weighted by Gasteiger charge is -2.16. The van der Waals surface area contributed by atoms with Gasteiger partial charge in [-0.25, -0.2) is 0 Å². The van der Waals surface area contributed by atoms with E-state index in [0.29, 0.717) is 61.6 Å². The fourth-order valence-electron chi connectivity index (χ4n) is 3.36. The molecule has 33 heavy (non-hydrogen) atoms. The highest BCUT2D eigenvalue weighted by molar-refractivity contribution is 6.33. The van der Waals surface area contributed by atoms with Gasteiger partial charge in [0.25, 0.3) is 0 Å². The summed E-state index contributed by atoms with van der Waals surface area (Å²) in [6.07, 6.45) is 1.50. The first-order valence-electron chi connectivity index (χ1n) is 9.90. The van der Waals surface area contributed by atoms with Gasteiger partial charge in [0.05, 0.1) is 48.8 Å². The Morgan fingerprint density at radius 3 is 2.24 bits per heavy atom. The number of nitrogens with zero attached hydrogens (tertiary/aromatic N) is 2. The molecule has 0 radical (unpaired) electrons. The topological polar surface area (TPSA) is 85.6 Å². The number of benzene rings is 3. The van der Waals surface area contributed by atoms with E-state index < -0.39 is 0 Å². The fourth-order valence-corrected chi connectivity index (χ4v) is 3.58. The summed E-state index contributed by atoms with van der Waals surface area (Å²) in [4.78, 5) is 4.38. The third-order valence-electron chi connectivity index (χ3n) is 4.99. The van der Waals surface area contributed by atoms with Crippen molar-refractivity contribution < 1.29 is 18.9 Å². The summed E-state index contributed by atoms with van der Waals surface area (Å²) in [5.74, 6) is 2.80. The Labute approximate surface area is 196 Å². The number of aromatic nitrogens is 1. The van der Waals surface area contributed by atoms with Crippen LogP contribution in [0.3, 0.4) is 0 Å². The maximum Gasteiger partial charge on any atom is 0.169 e. The second-order valence-electron chi connectivity index (χ2n) is 6.90. The molecule has 8 heteroatoms. The lowest BCUT2D eigenvalue weighted by Crippen LogP contribution is -1.99. The van der Waals surface area contributed by atoms with Gasteiger partial charge in [0.15, 0.2) is 23.0 Å². The summed E-state index contributed by atoms with van der Waals surface area (Å²) in [5, 5.41) is 14.0. The van der Waals surface area contributed by atoms with Crippen LogP contribution in [0.25, 0.3) is 10.9 Å². The monoisotopic (exact) mass is 461 g/mol. The predicted molar refractivity (Wildman–Crippen MR) is 127 cm³/mol. The van der Waals surface area contributed by atoms with Gasteiger partial charge in [-0.2, -0.15) is 5.26 Å². The number of pyridine rings is 1. The second kappa shape index (κ2) is 9.55. The summed E-state index contributed by atoms with van der Waals surface area (Å²) in [6.45, 7) is 0. The van der Waals surface area contributed by atoms with Gasteiger partial charge in [0, 0.05) is 23.7 Å². The summed E-state index contributed by atoms with van der Waals surface area (Å²) in [5.41, 5.74) is 2.16. The summed E-state index contributed by atoms with van der Waals surface area (Å²) >= 11 is 6.56. The number of methoxy groups -OCH3 is 3. The van der Waals surface area contributed by atoms with Crippen molar-refractivity contribution in [1.29, 1.82) is 5.26 Å². The first-order chi connectivity index (χ1) is 16.1. The zero-order chi connectivity index (χ0) is 23.4. The average Bonchev–Trinajstić information content (AvgIpc) is 2.85. The molecule has 0 aliphatic heterocycles. The van der Waals surface area contributed by atoms with E-state index in [1.165, 1.54) is 6.20 Å².